The van der Waals surface area contributed by atoms with E-state index < -0.39 is 6.10 Å². The van der Waals surface area contributed by atoms with E-state index in [2.05, 4.69) is 0 Å². The molecule has 18 heavy (non-hydrogen) atoms. The first-order valence-corrected chi connectivity index (χ1v) is 6.42. The number of hydrogen-bond acceptors (Lipinski definition) is 4. The zero-order chi connectivity index (χ0) is 12.3. The van der Waals surface area contributed by atoms with Gasteiger partial charge in [-0.1, -0.05) is 0 Å². The van der Waals surface area contributed by atoms with Crippen LogP contribution in [0.5, 0.6) is 0 Å². The zero-order valence-corrected chi connectivity index (χ0v) is 11.7. The molecule has 6 heteroatoms. The van der Waals surface area contributed by atoms with Gasteiger partial charge in [0, 0.05) is 19.1 Å². The van der Waals surface area contributed by atoms with E-state index in [1.165, 1.54) is 0 Å². The molecule has 3 unspecified atom stereocenters. The van der Waals surface area contributed by atoms with E-state index in [9.17, 15) is 4.79 Å². The predicted octanol–water partition coefficient (Wildman–Crippen LogP) is 0.409. The smallest absolute Gasteiger partial charge is 0.254 e. The number of halogens is 1. The van der Waals surface area contributed by atoms with Gasteiger partial charge in [-0.05, 0) is 25.7 Å². The summed E-state index contributed by atoms with van der Waals surface area (Å²) >= 11 is 0. The van der Waals surface area contributed by atoms with E-state index in [1.807, 2.05) is 11.8 Å². The average Bonchev–Trinajstić information content (AvgIpc) is 2.39. The van der Waals surface area contributed by atoms with Gasteiger partial charge in [0.15, 0.2) is 6.10 Å². The Kier molecular flexibility index (Phi) is 6.35. The number of carbonyl (C=O) groups is 1. The third-order valence-electron chi connectivity index (χ3n) is 3.60. The zero-order valence-electron chi connectivity index (χ0n) is 10.8. The molecule has 2 aliphatic heterocycles. The second-order valence-electron chi connectivity index (χ2n) is 4.98. The van der Waals surface area contributed by atoms with Crippen LogP contribution in [0.1, 0.15) is 19.8 Å². The van der Waals surface area contributed by atoms with Crippen molar-refractivity contribution in [3.63, 3.8) is 0 Å². The minimum absolute atomic E-state index is 0. The Bertz CT molecular complexity index is 270. The van der Waals surface area contributed by atoms with Crippen molar-refractivity contribution in [1.29, 1.82) is 0 Å². The molecule has 2 rings (SSSR count). The summed E-state index contributed by atoms with van der Waals surface area (Å²) in [5, 5.41) is 0. The van der Waals surface area contributed by atoms with Crippen LogP contribution in [0.4, 0.5) is 0 Å². The van der Waals surface area contributed by atoms with Gasteiger partial charge >= 0.3 is 0 Å². The van der Waals surface area contributed by atoms with Crippen LogP contribution in [0, 0.1) is 5.92 Å². The molecule has 0 radical (unpaired) electrons. The largest absolute Gasteiger partial charge is 0.376 e. The van der Waals surface area contributed by atoms with Gasteiger partial charge in [-0.3, -0.25) is 4.79 Å². The number of carbonyl (C=O) groups excluding carboxylic acids is 1. The van der Waals surface area contributed by atoms with Crippen LogP contribution in [-0.2, 0) is 14.3 Å². The minimum atomic E-state index is -0.407. The molecule has 3 atom stereocenters. The summed E-state index contributed by atoms with van der Waals surface area (Å²) in [6.45, 7) is 5.09. The molecule has 0 saturated carbocycles. The lowest BCUT2D eigenvalue weighted by Gasteiger charge is -2.37. The molecule has 2 heterocycles. The van der Waals surface area contributed by atoms with Crippen molar-refractivity contribution in [2.75, 3.05) is 32.9 Å². The van der Waals surface area contributed by atoms with Crippen molar-refractivity contribution in [3.05, 3.63) is 0 Å². The van der Waals surface area contributed by atoms with Crippen LogP contribution in [0.25, 0.3) is 0 Å². The highest BCUT2D eigenvalue weighted by Gasteiger charge is 2.31. The van der Waals surface area contributed by atoms with Crippen LogP contribution in [-0.4, -0.2) is 55.9 Å². The Morgan fingerprint density at radius 1 is 1.44 bits per heavy atom. The summed E-state index contributed by atoms with van der Waals surface area (Å²) < 4.78 is 10.7. The molecule has 5 nitrogen and oxygen atoms in total. The van der Waals surface area contributed by atoms with Gasteiger partial charge in [0.25, 0.3) is 5.91 Å². The molecule has 0 aromatic carbocycles. The highest BCUT2D eigenvalue weighted by Crippen LogP contribution is 2.20. The monoisotopic (exact) mass is 278 g/mol. The Morgan fingerprint density at radius 2 is 2.22 bits per heavy atom. The molecule has 2 N–H and O–H groups in total. The Labute approximate surface area is 114 Å². The van der Waals surface area contributed by atoms with E-state index in [-0.39, 0.29) is 24.4 Å². The SMILES string of the molecule is CC(N)C1CCCN(C(=O)C2COCCO2)C1.Cl. The normalized spacial score (nSPS) is 30.4. The summed E-state index contributed by atoms with van der Waals surface area (Å²) in [6, 6.07) is 0.147. The van der Waals surface area contributed by atoms with E-state index >= 15 is 0 Å². The molecule has 0 spiro atoms. The van der Waals surface area contributed by atoms with Crippen molar-refractivity contribution >= 4 is 18.3 Å². The van der Waals surface area contributed by atoms with Crippen molar-refractivity contribution in [3.8, 4) is 0 Å². The lowest BCUT2D eigenvalue weighted by Crippen LogP contribution is -2.51. The minimum Gasteiger partial charge on any atom is -0.376 e. The summed E-state index contributed by atoms with van der Waals surface area (Å²) in [4.78, 5) is 14.1. The van der Waals surface area contributed by atoms with Crippen molar-refractivity contribution in [2.45, 2.75) is 31.9 Å². The number of amides is 1. The highest BCUT2D eigenvalue weighted by atomic mass is 35.5. The molecule has 0 aliphatic carbocycles. The lowest BCUT2D eigenvalue weighted by molar-refractivity contribution is -0.159. The van der Waals surface area contributed by atoms with Gasteiger partial charge in [-0.15, -0.1) is 12.4 Å². The number of nitrogens with two attached hydrogens (primary N) is 1. The third-order valence-corrected chi connectivity index (χ3v) is 3.60. The summed E-state index contributed by atoms with van der Waals surface area (Å²) in [7, 11) is 0. The average molecular weight is 279 g/mol. The predicted molar refractivity (Wildman–Crippen MR) is 70.8 cm³/mol. The van der Waals surface area contributed by atoms with E-state index in [0.717, 1.165) is 25.9 Å². The maximum Gasteiger partial charge on any atom is 0.254 e. The fourth-order valence-corrected chi connectivity index (χ4v) is 2.47. The molecule has 0 aromatic rings. The van der Waals surface area contributed by atoms with E-state index in [4.69, 9.17) is 15.2 Å². The Morgan fingerprint density at radius 3 is 2.83 bits per heavy atom. The first-order valence-electron chi connectivity index (χ1n) is 6.42. The van der Waals surface area contributed by atoms with Crippen LogP contribution in [0.2, 0.25) is 0 Å². The van der Waals surface area contributed by atoms with Gasteiger partial charge in [-0.25, -0.2) is 0 Å². The Hall–Kier alpha value is -0.360. The maximum atomic E-state index is 12.2. The number of hydrogen-bond donors (Lipinski definition) is 1. The fourth-order valence-electron chi connectivity index (χ4n) is 2.47. The van der Waals surface area contributed by atoms with Crippen molar-refractivity contribution in [1.82, 2.24) is 4.90 Å². The van der Waals surface area contributed by atoms with E-state index in [1.54, 1.807) is 0 Å². The first kappa shape index (κ1) is 15.7. The van der Waals surface area contributed by atoms with Crippen molar-refractivity contribution in [2.24, 2.45) is 11.7 Å². The van der Waals surface area contributed by atoms with Gasteiger partial charge in [0.2, 0.25) is 0 Å². The van der Waals surface area contributed by atoms with Crippen LogP contribution >= 0.6 is 12.4 Å². The summed E-state index contributed by atoms with van der Waals surface area (Å²) in [5.74, 6) is 0.479. The number of likely N-dealkylation sites (tertiary alicyclic amines) is 1. The molecular weight excluding hydrogens is 256 g/mol. The topological polar surface area (TPSA) is 64.8 Å². The van der Waals surface area contributed by atoms with Crippen LogP contribution < -0.4 is 5.73 Å². The van der Waals surface area contributed by atoms with Gasteiger partial charge in [0.1, 0.15) is 0 Å². The number of piperidine rings is 1. The Balaban J connectivity index is 0.00000162. The number of rotatable bonds is 2. The highest BCUT2D eigenvalue weighted by molar-refractivity contribution is 5.85. The molecule has 2 saturated heterocycles. The summed E-state index contributed by atoms with van der Waals surface area (Å²) in [6.07, 6.45) is 1.74. The molecule has 0 bridgehead atoms. The molecule has 1 amide bonds. The third kappa shape index (κ3) is 3.82. The lowest BCUT2D eigenvalue weighted by atomic mass is 9.92. The quantitative estimate of drug-likeness (QED) is 0.795. The summed E-state index contributed by atoms with van der Waals surface area (Å²) in [5.41, 5.74) is 5.91. The van der Waals surface area contributed by atoms with Crippen molar-refractivity contribution < 1.29 is 14.3 Å². The molecular formula is C12H23ClN2O3. The maximum absolute atomic E-state index is 12.2. The second-order valence-corrected chi connectivity index (χ2v) is 4.98. The molecule has 0 aromatic heterocycles. The van der Waals surface area contributed by atoms with Gasteiger partial charge in [-0.2, -0.15) is 0 Å². The number of ether oxygens (including phenoxy) is 2. The van der Waals surface area contributed by atoms with Gasteiger partial charge in [0.05, 0.1) is 19.8 Å². The fraction of sp³-hybridized carbons (Fsp3) is 0.917. The standard InChI is InChI=1S/C12H22N2O3.ClH/c1-9(13)10-3-2-4-14(7-10)12(15)11-8-16-5-6-17-11;/h9-11H,2-8,13H2,1H3;1H. The first-order chi connectivity index (χ1) is 8.18. The number of nitrogens with zero attached hydrogens (tertiary/aromatic N) is 1. The molecule has 2 fully saturated rings. The van der Waals surface area contributed by atoms with Crippen LogP contribution in [0.3, 0.4) is 0 Å². The van der Waals surface area contributed by atoms with Crippen LogP contribution in [0.15, 0.2) is 0 Å². The second kappa shape index (κ2) is 7.28. The van der Waals surface area contributed by atoms with Gasteiger partial charge < -0.3 is 20.1 Å². The van der Waals surface area contributed by atoms with E-state index in [0.29, 0.717) is 25.7 Å². The molecule has 106 valence electrons. The molecule has 2 aliphatic rings.